The zero-order chi connectivity index (χ0) is 10.1. The number of hydrogen-bond acceptors (Lipinski definition) is 1. The number of aromatic nitrogens is 2. The Morgan fingerprint density at radius 2 is 1.79 bits per heavy atom. The van der Waals surface area contributed by atoms with Crippen molar-refractivity contribution >= 4 is 11.6 Å². The van der Waals surface area contributed by atoms with Crippen molar-refractivity contribution in [1.82, 2.24) is 9.55 Å². The highest BCUT2D eigenvalue weighted by Crippen LogP contribution is 2.16. The third kappa shape index (κ3) is 1.53. The van der Waals surface area contributed by atoms with Gasteiger partial charge >= 0.3 is 0 Å². The van der Waals surface area contributed by atoms with Crippen molar-refractivity contribution < 1.29 is 0 Å². The second kappa shape index (κ2) is 3.46. The summed E-state index contributed by atoms with van der Waals surface area (Å²) in [5.41, 5.74) is 3.31. The van der Waals surface area contributed by atoms with Gasteiger partial charge in [0, 0.05) is 16.4 Å². The molecule has 0 aliphatic carbocycles. The predicted molar refractivity (Wildman–Crippen MR) is 58.0 cm³/mol. The van der Waals surface area contributed by atoms with E-state index in [2.05, 4.69) is 11.9 Å². The lowest BCUT2D eigenvalue weighted by Crippen LogP contribution is -1.94. The summed E-state index contributed by atoms with van der Waals surface area (Å²) in [7, 11) is 0. The van der Waals surface area contributed by atoms with Crippen LogP contribution in [0, 0.1) is 13.8 Å². The minimum Gasteiger partial charge on any atom is -0.303 e. The van der Waals surface area contributed by atoms with Gasteiger partial charge in [0.25, 0.3) is 0 Å². The molecule has 0 aliphatic rings. The van der Waals surface area contributed by atoms with Crippen molar-refractivity contribution in [3.8, 4) is 5.69 Å². The molecule has 0 bridgehead atoms. The topological polar surface area (TPSA) is 17.8 Å². The highest BCUT2D eigenvalue weighted by Gasteiger charge is 2.03. The van der Waals surface area contributed by atoms with Gasteiger partial charge in [0.1, 0.15) is 0 Å². The fourth-order valence-corrected chi connectivity index (χ4v) is 1.49. The van der Waals surface area contributed by atoms with Gasteiger partial charge in [-0.3, -0.25) is 0 Å². The van der Waals surface area contributed by atoms with E-state index in [1.807, 2.05) is 42.1 Å². The summed E-state index contributed by atoms with van der Waals surface area (Å²) in [6.07, 6.45) is 1.83. The Morgan fingerprint density at radius 1 is 1.14 bits per heavy atom. The second-order valence-corrected chi connectivity index (χ2v) is 3.70. The SMILES string of the molecule is Cc1ncn(-c2ccc(Cl)cc2)c1C. The molecule has 3 heteroatoms. The van der Waals surface area contributed by atoms with Crippen LogP contribution in [-0.4, -0.2) is 9.55 Å². The van der Waals surface area contributed by atoms with Gasteiger partial charge in [0.05, 0.1) is 12.0 Å². The highest BCUT2D eigenvalue weighted by atomic mass is 35.5. The van der Waals surface area contributed by atoms with E-state index < -0.39 is 0 Å². The number of rotatable bonds is 1. The maximum atomic E-state index is 5.82. The first-order chi connectivity index (χ1) is 6.68. The maximum absolute atomic E-state index is 5.82. The number of halogens is 1. The van der Waals surface area contributed by atoms with Crippen LogP contribution in [0.1, 0.15) is 11.4 Å². The first-order valence-corrected chi connectivity index (χ1v) is 4.83. The van der Waals surface area contributed by atoms with Crippen molar-refractivity contribution in [1.29, 1.82) is 0 Å². The third-order valence-corrected chi connectivity index (χ3v) is 2.61. The van der Waals surface area contributed by atoms with Gasteiger partial charge in [-0.15, -0.1) is 0 Å². The average molecular weight is 207 g/mol. The molecule has 0 saturated heterocycles. The Labute approximate surface area is 88.2 Å². The molecule has 2 rings (SSSR count). The fraction of sp³-hybridized carbons (Fsp3) is 0.182. The zero-order valence-corrected chi connectivity index (χ0v) is 8.92. The van der Waals surface area contributed by atoms with Gasteiger partial charge in [-0.1, -0.05) is 11.6 Å². The molecule has 0 fully saturated rings. The third-order valence-electron chi connectivity index (χ3n) is 2.36. The highest BCUT2D eigenvalue weighted by molar-refractivity contribution is 6.30. The first-order valence-electron chi connectivity index (χ1n) is 4.45. The molecule has 2 nitrogen and oxygen atoms in total. The molecular weight excluding hydrogens is 196 g/mol. The van der Waals surface area contributed by atoms with Crippen LogP contribution in [0.3, 0.4) is 0 Å². The molecule has 1 aromatic carbocycles. The van der Waals surface area contributed by atoms with E-state index in [4.69, 9.17) is 11.6 Å². The van der Waals surface area contributed by atoms with Crippen LogP contribution in [0.5, 0.6) is 0 Å². The van der Waals surface area contributed by atoms with Crippen molar-refractivity contribution in [2.45, 2.75) is 13.8 Å². The number of imidazole rings is 1. The molecule has 2 aromatic rings. The van der Waals surface area contributed by atoms with E-state index in [1.54, 1.807) is 0 Å². The minimum absolute atomic E-state index is 0.753. The van der Waals surface area contributed by atoms with Crippen LogP contribution in [0.4, 0.5) is 0 Å². The number of aryl methyl sites for hydroxylation is 1. The molecule has 1 aromatic heterocycles. The van der Waals surface area contributed by atoms with Crippen LogP contribution in [0.25, 0.3) is 5.69 Å². The molecule has 14 heavy (non-hydrogen) atoms. The minimum atomic E-state index is 0.753. The molecule has 0 unspecified atom stereocenters. The zero-order valence-electron chi connectivity index (χ0n) is 8.16. The van der Waals surface area contributed by atoms with Gasteiger partial charge in [0.15, 0.2) is 0 Å². The van der Waals surface area contributed by atoms with Gasteiger partial charge in [-0.25, -0.2) is 4.98 Å². The average Bonchev–Trinajstić information content (AvgIpc) is 2.50. The number of benzene rings is 1. The Bertz CT molecular complexity index is 443. The van der Waals surface area contributed by atoms with Crippen molar-refractivity contribution in [2.75, 3.05) is 0 Å². The number of nitrogens with zero attached hydrogens (tertiary/aromatic N) is 2. The van der Waals surface area contributed by atoms with E-state index in [1.165, 1.54) is 0 Å². The maximum Gasteiger partial charge on any atom is 0.0997 e. The van der Waals surface area contributed by atoms with Crippen molar-refractivity contribution in [3.63, 3.8) is 0 Å². The normalized spacial score (nSPS) is 10.5. The summed E-state index contributed by atoms with van der Waals surface area (Å²) in [5.74, 6) is 0. The summed E-state index contributed by atoms with van der Waals surface area (Å²) in [5, 5.41) is 0.753. The summed E-state index contributed by atoms with van der Waals surface area (Å²) in [6, 6.07) is 7.73. The Balaban J connectivity index is 2.49. The number of hydrogen-bond donors (Lipinski definition) is 0. The van der Waals surface area contributed by atoms with Gasteiger partial charge < -0.3 is 4.57 Å². The molecule has 0 atom stereocenters. The standard InChI is InChI=1S/C11H11ClN2/c1-8-9(2)14(7-13-8)11-5-3-10(12)4-6-11/h3-7H,1-2H3. The van der Waals surface area contributed by atoms with Gasteiger partial charge in [0.2, 0.25) is 0 Å². The Morgan fingerprint density at radius 3 is 2.29 bits per heavy atom. The molecule has 0 spiro atoms. The quantitative estimate of drug-likeness (QED) is 0.701. The van der Waals surface area contributed by atoms with Crippen LogP contribution in [0.15, 0.2) is 30.6 Å². The summed E-state index contributed by atoms with van der Waals surface area (Å²) >= 11 is 5.82. The summed E-state index contributed by atoms with van der Waals surface area (Å²) in [6.45, 7) is 4.05. The molecule has 72 valence electrons. The molecule has 0 amide bonds. The lowest BCUT2D eigenvalue weighted by Gasteiger charge is -2.04. The van der Waals surface area contributed by atoms with Crippen molar-refractivity contribution in [2.24, 2.45) is 0 Å². The molecule has 1 heterocycles. The van der Waals surface area contributed by atoms with Gasteiger partial charge in [-0.2, -0.15) is 0 Å². The van der Waals surface area contributed by atoms with E-state index in [-0.39, 0.29) is 0 Å². The van der Waals surface area contributed by atoms with Crippen LogP contribution in [0.2, 0.25) is 5.02 Å². The Hall–Kier alpha value is -1.28. The van der Waals surface area contributed by atoms with Crippen LogP contribution in [-0.2, 0) is 0 Å². The van der Waals surface area contributed by atoms with E-state index in [0.29, 0.717) is 0 Å². The predicted octanol–water partition coefficient (Wildman–Crippen LogP) is 3.14. The molecule has 0 N–H and O–H groups in total. The Kier molecular flexibility index (Phi) is 2.30. The first kappa shape index (κ1) is 9.28. The van der Waals surface area contributed by atoms with E-state index in [0.717, 1.165) is 22.1 Å². The lowest BCUT2D eigenvalue weighted by molar-refractivity contribution is 1.00. The van der Waals surface area contributed by atoms with Crippen molar-refractivity contribution in [3.05, 3.63) is 47.0 Å². The second-order valence-electron chi connectivity index (χ2n) is 3.26. The van der Waals surface area contributed by atoms with E-state index in [9.17, 15) is 0 Å². The van der Waals surface area contributed by atoms with Crippen LogP contribution < -0.4 is 0 Å². The smallest absolute Gasteiger partial charge is 0.0997 e. The van der Waals surface area contributed by atoms with E-state index >= 15 is 0 Å². The molecule has 0 saturated carbocycles. The van der Waals surface area contributed by atoms with Gasteiger partial charge in [-0.05, 0) is 38.1 Å². The molecule has 0 radical (unpaired) electrons. The monoisotopic (exact) mass is 206 g/mol. The summed E-state index contributed by atoms with van der Waals surface area (Å²) < 4.78 is 2.05. The molecular formula is C11H11ClN2. The molecule has 0 aliphatic heterocycles. The lowest BCUT2D eigenvalue weighted by atomic mass is 10.3. The van der Waals surface area contributed by atoms with Crippen LogP contribution >= 0.6 is 11.6 Å². The fourth-order valence-electron chi connectivity index (χ4n) is 1.36. The summed E-state index contributed by atoms with van der Waals surface area (Å²) in [4.78, 5) is 4.24. The largest absolute Gasteiger partial charge is 0.303 e.